The number of pyridine rings is 1. The van der Waals surface area contributed by atoms with Crippen LogP contribution in [-0.4, -0.2) is 29.3 Å². The molecular weight excluding hydrogens is 174 g/mol. The van der Waals surface area contributed by atoms with E-state index in [1.165, 1.54) is 19.3 Å². The number of hydrogen-bond acceptors (Lipinski definition) is 3. The maximum atomic E-state index is 4.43. The molecule has 0 unspecified atom stereocenters. The first kappa shape index (κ1) is 9.19. The number of rotatable bonds is 2. The third-order valence-corrected chi connectivity index (χ3v) is 2.41. The highest BCUT2D eigenvalue weighted by Crippen LogP contribution is 2.08. The molecule has 3 nitrogen and oxygen atoms in total. The van der Waals surface area contributed by atoms with E-state index in [0.717, 1.165) is 18.7 Å². The van der Waals surface area contributed by atoms with Gasteiger partial charge in [0.05, 0.1) is 6.21 Å². The van der Waals surface area contributed by atoms with E-state index in [2.05, 4.69) is 15.1 Å². The molecule has 1 saturated heterocycles. The van der Waals surface area contributed by atoms with Crippen LogP contribution in [-0.2, 0) is 0 Å². The van der Waals surface area contributed by atoms with Crippen molar-refractivity contribution in [2.24, 2.45) is 5.10 Å². The van der Waals surface area contributed by atoms with Gasteiger partial charge in [-0.15, -0.1) is 0 Å². The van der Waals surface area contributed by atoms with Gasteiger partial charge >= 0.3 is 0 Å². The van der Waals surface area contributed by atoms with E-state index in [-0.39, 0.29) is 0 Å². The van der Waals surface area contributed by atoms with Crippen molar-refractivity contribution >= 4 is 6.21 Å². The van der Waals surface area contributed by atoms with Gasteiger partial charge in [-0.05, 0) is 37.0 Å². The molecule has 1 aromatic rings. The fraction of sp³-hybridized carbons (Fsp3) is 0.455. The predicted molar refractivity (Wildman–Crippen MR) is 57.3 cm³/mol. The Morgan fingerprint density at radius 1 is 1.14 bits per heavy atom. The van der Waals surface area contributed by atoms with Gasteiger partial charge in [0.2, 0.25) is 0 Å². The van der Waals surface area contributed by atoms with Gasteiger partial charge in [-0.3, -0.25) is 9.99 Å². The summed E-state index contributed by atoms with van der Waals surface area (Å²) in [6.45, 7) is 2.20. The third-order valence-electron chi connectivity index (χ3n) is 2.41. The molecule has 3 heteroatoms. The van der Waals surface area contributed by atoms with Crippen LogP contribution < -0.4 is 0 Å². The first-order chi connectivity index (χ1) is 6.95. The first-order valence-corrected chi connectivity index (χ1v) is 5.14. The van der Waals surface area contributed by atoms with Gasteiger partial charge in [-0.2, -0.15) is 5.10 Å². The number of hydrogen-bond donors (Lipinski definition) is 0. The van der Waals surface area contributed by atoms with Crippen molar-refractivity contribution in [2.75, 3.05) is 13.1 Å². The maximum Gasteiger partial charge on any atom is 0.0544 e. The number of piperidine rings is 1. The SMILES string of the molecule is C(=NN1CCCCC1)c1ccncc1. The Kier molecular flexibility index (Phi) is 3.11. The van der Waals surface area contributed by atoms with Crippen LogP contribution in [0.2, 0.25) is 0 Å². The minimum absolute atomic E-state index is 1.10. The van der Waals surface area contributed by atoms with Gasteiger partial charge in [0, 0.05) is 25.5 Å². The van der Waals surface area contributed by atoms with E-state index in [0.29, 0.717) is 0 Å². The van der Waals surface area contributed by atoms with E-state index in [4.69, 9.17) is 0 Å². The van der Waals surface area contributed by atoms with Crippen LogP contribution in [0.5, 0.6) is 0 Å². The fourth-order valence-electron chi connectivity index (χ4n) is 1.59. The van der Waals surface area contributed by atoms with Gasteiger partial charge in [0.15, 0.2) is 0 Å². The zero-order valence-corrected chi connectivity index (χ0v) is 8.26. The standard InChI is InChI=1S/C11H15N3/c1-2-8-14(9-3-1)13-10-11-4-6-12-7-5-11/h4-7,10H,1-3,8-9H2. The molecule has 0 bridgehead atoms. The largest absolute Gasteiger partial charge is 0.297 e. The fourth-order valence-corrected chi connectivity index (χ4v) is 1.59. The summed E-state index contributed by atoms with van der Waals surface area (Å²) in [5.74, 6) is 0. The Hall–Kier alpha value is -1.38. The summed E-state index contributed by atoms with van der Waals surface area (Å²) in [6, 6.07) is 3.93. The molecule has 0 saturated carbocycles. The van der Waals surface area contributed by atoms with Crippen LogP contribution in [0.3, 0.4) is 0 Å². The lowest BCUT2D eigenvalue weighted by molar-refractivity contribution is 0.240. The lowest BCUT2D eigenvalue weighted by Crippen LogP contribution is -2.24. The van der Waals surface area contributed by atoms with Crippen molar-refractivity contribution in [3.8, 4) is 0 Å². The lowest BCUT2D eigenvalue weighted by Gasteiger charge is -2.23. The minimum Gasteiger partial charge on any atom is -0.297 e. The van der Waals surface area contributed by atoms with Crippen LogP contribution in [0.4, 0.5) is 0 Å². The van der Waals surface area contributed by atoms with Gasteiger partial charge in [-0.25, -0.2) is 0 Å². The highest BCUT2D eigenvalue weighted by atomic mass is 15.4. The quantitative estimate of drug-likeness (QED) is 0.665. The maximum absolute atomic E-state index is 4.43. The molecule has 0 aliphatic carbocycles. The molecule has 1 fully saturated rings. The van der Waals surface area contributed by atoms with Crippen LogP contribution >= 0.6 is 0 Å². The highest BCUT2D eigenvalue weighted by Gasteiger charge is 2.05. The normalized spacial score (nSPS) is 17.6. The van der Waals surface area contributed by atoms with Crippen molar-refractivity contribution in [3.05, 3.63) is 30.1 Å². The van der Waals surface area contributed by atoms with Crippen LogP contribution in [0, 0.1) is 0 Å². The van der Waals surface area contributed by atoms with Crippen molar-refractivity contribution in [1.82, 2.24) is 9.99 Å². The second-order valence-electron chi connectivity index (χ2n) is 3.54. The van der Waals surface area contributed by atoms with E-state index in [1.807, 2.05) is 18.3 Å². The molecule has 0 atom stereocenters. The zero-order chi connectivity index (χ0) is 9.64. The Labute approximate surface area is 84.5 Å². The Morgan fingerprint density at radius 3 is 2.57 bits per heavy atom. The summed E-state index contributed by atoms with van der Waals surface area (Å²) in [7, 11) is 0. The van der Waals surface area contributed by atoms with Crippen LogP contribution in [0.25, 0.3) is 0 Å². The third kappa shape index (κ3) is 2.55. The molecule has 0 N–H and O–H groups in total. The van der Waals surface area contributed by atoms with Crippen molar-refractivity contribution in [3.63, 3.8) is 0 Å². The number of nitrogens with zero attached hydrogens (tertiary/aromatic N) is 3. The van der Waals surface area contributed by atoms with Crippen molar-refractivity contribution < 1.29 is 0 Å². The number of aromatic nitrogens is 1. The topological polar surface area (TPSA) is 28.5 Å². The molecule has 0 amide bonds. The van der Waals surface area contributed by atoms with Gasteiger partial charge in [-0.1, -0.05) is 0 Å². The monoisotopic (exact) mass is 189 g/mol. The molecule has 1 aromatic heterocycles. The molecule has 1 aliphatic heterocycles. The Bertz CT molecular complexity index is 289. The van der Waals surface area contributed by atoms with E-state index < -0.39 is 0 Å². The summed E-state index contributed by atoms with van der Waals surface area (Å²) >= 11 is 0. The molecule has 1 aliphatic rings. The summed E-state index contributed by atoms with van der Waals surface area (Å²) in [5, 5.41) is 6.58. The van der Waals surface area contributed by atoms with Crippen LogP contribution in [0.15, 0.2) is 29.6 Å². The predicted octanol–water partition coefficient (Wildman–Crippen LogP) is 1.90. The first-order valence-electron chi connectivity index (χ1n) is 5.14. The highest BCUT2D eigenvalue weighted by molar-refractivity contribution is 5.78. The Morgan fingerprint density at radius 2 is 1.86 bits per heavy atom. The van der Waals surface area contributed by atoms with Gasteiger partial charge in [0.25, 0.3) is 0 Å². The second kappa shape index (κ2) is 4.74. The minimum atomic E-state index is 1.10. The molecule has 2 heterocycles. The van der Waals surface area contributed by atoms with E-state index >= 15 is 0 Å². The molecule has 74 valence electrons. The molecule has 14 heavy (non-hydrogen) atoms. The molecule has 0 spiro atoms. The Balaban J connectivity index is 1.93. The van der Waals surface area contributed by atoms with Crippen molar-refractivity contribution in [1.29, 1.82) is 0 Å². The molecule has 0 aromatic carbocycles. The van der Waals surface area contributed by atoms with Gasteiger partial charge in [0.1, 0.15) is 0 Å². The molecular formula is C11H15N3. The summed E-state index contributed by atoms with van der Waals surface area (Å²) < 4.78 is 0. The lowest BCUT2D eigenvalue weighted by atomic mass is 10.2. The number of hydrazone groups is 1. The second-order valence-corrected chi connectivity index (χ2v) is 3.54. The zero-order valence-electron chi connectivity index (χ0n) is 8.26. The summed E-state index contributed by atoms with van der Waals surface area (Å²) in [6.07, 6.45) is 9.38. The van der Waals surface area contributed by atoms with E-state index in [9.17, 15) is 0 Å². The van der Waals surface area contributed by atoms with E-state index in [1.54, 1.807) is 12.4 Å². The average molecular weight is 189 g/mol. The molecule has 0 radical (unpaired) electrons. The smallest absolute Gasteiger partial charge is 0.0544 e. The van der Waals surface area contributed by atoms with Crippen molar-refractivity contribution in [2.45, 2.75) is 19.3 Å². The van der Waals surface area contributed by atoms with Gasteiger partial charge < -0.3 is 0 Å². The summed E-state index contributed by atoms with van der Waals surface area (Å²) in [5.41, 5.74) is 1.12. The van der Waals surface area contributed by atoms with Crippen LogP contribution in [0.1, 0.15) is 24.8 Å². The summed E-state index contributed by atoms with van der Waals surface area (Å²) in [4.78, 5) is 3.96. The molecule has 2 rings (SSSR count). The average Bonchev–Trinajstić information content (AvgIpc) is 2.29.